The van der Waals surface area contributed by atoms with Crippen LogP contribution >= 0.6 is 15.9 Å². The molecule has 110 valence electrons. The van der Waals surface area contributed by atoms with Gasteiger partial charge in [-0.25, -0.2) is 9.97 Å². The lowest BCUT2D eigenvalue weighted by molar-refractivity contribution is -0.118. The average Bonchev–Trinajstić information content (AvgIpc) is 2.53. The summed E-state index contributed by atoms with van der Waals surface area (Å²) < 4.78 is 6.28. The lowest BCUT2D eigenvalue weighted by atomic mass is 10.3. The number of hydrogen-bond acceptors (Lipinski definition) is 4. The van der Waals surface area contributed by atoms with Gasteiger partial charge in [0, 0.05) is 10.2 Å². The van der Waals surface area contributed by atoms with Crippen LogP contribution in [-0.4, -0.2) is 22.5 Å². The second-order valence-electron chi connectivity index (χ2n) is 4.54. The van der Waals surface area contributed by atoms with Crippen LogP contribution in [0.25, 0.3) is 11.0 Å². The number of carbonyl (C=O) groups excluding carboxylic acids is 1. The molecule has 2 aromatic carbocycles. The van der Waals surface area contributed by atoms with E-state index in [2.05, 4.69) is 31.2 Å². The number of carbonyl (C=O) groups is 1. The van der Waals surface area contributed by atoms with Gasteiger partial charge in [0.05, 0.1) is 17.2 Å². The molecule has 0 fully saturated rings. The predicted octanol–water partition coefficient (Wildman–Crippen LogP) is 3.41. The molecule has 0 radical (unpaired) electrons. The summed E-state index contributed by atoms with van der Waals surface area (Å²) in [7, 11) is 0. The zero-order valence-corrected chi connectivity index (χ0v) is 13.1. The molecule has 3 rings (SSSR count). The number of anilines is 1. The molecule has 5 nitrogen and oxygen atoms in total. The number of fused-ring (bicyclic) bond motifs is 1. The fourth-order valence-corrected chi connectivity index (χ4v) is 2.31. The lowest BCUT2D eigenvalue weighted by Gasteiger charge is -2.07. The summed E-state index contributed by atoms with van der Waals surface area (Å²) in [4.78, 5) is 20.4. The van der Waals surface area contributed by atoms with Gasteiger partial charge in [0.25, 0.3) is 5.91 Å². The second-order valence-corrected chi connectivity index (χ2v) is 5.46. The predicted molar refractivity (Wildman–Crippen MR) is 87.8 cm³/mol. The highest BCUT2D eigenvalue weighted by Crippen LogP contribution is 2.16. The Morgan fingerprint density at radius 3 is 2.77 bits per heavy atom. The Morgan fingerprint density at radius 2 is 1.95 bits per heavy atom. The van der Waals surface area contributed by atoms with E-state index in [0.717, 1.165) is 15.5 Å². The molecule has 0 unspecified atom stereocenters. The van der Waals surface area contributed by atoms with Crippen molar-refractivity contribution in [3.8, 4) is 5.88 Å². The van der Waals surface area contributed by atoms with Crippen LogP contribution in [0.15, 0.2) is 59.2 Å². The molecule has 0 aliphatic rings. The van der Waals surface area contributed by atoms with E-state index in [4.69, 9.17) is 4.74 Å². The first kappa shape index (κ1) is 14.5. The molecule has 6 heteroatoms. The maximum Gasteiger partial charge on any atom is 0.262 e. The standard InChI is InChI=1S/C16H12BrN3O2/c17-11-4-3-5-12(8-11)19-15(21)10-22-16-9-18-13-6-1-2-7-14(13)20-16/h1-9H,10H2,(H,19,21). The van der Waals surface area contributed by atoms with Crippen molar-refractivity contribution in [2.24, 2.45) is 0 Å². The van der Waals surface area contributed by atoms with Crippen molar-refractivity contribution < 1.29 is 9.53 Å². The van der Waals surface area contributed by atoms with Gasteiger partial charge in [-0.05, 0) is 30.3 Å². The summed E-state index contributed by atoms with van der Waals surface area (Å²) in [6.45, 7) is -0.125. The SMILES string of the molecule is O=C(COc1cnc2ccccc2n1)Nc1cccc(Br)c1. The van der Waals surface area contributed by atoms with Crippen LogP contribution in [0.5, 0.6) is 5.88 Å². The number of aromatic nitrogens is 2. The molecule has 1 amide bonds. The van der Waals surface area contributed by atoms with Crippen molar-refractivity contribution in [3.63, 3.8) is 0 Å². The van der Waals surface area contributed by atoms with Crippen LogP contribution in [0.3, 0.4) is 0 Å². The Labute approximate surface area is 135 Å². The first-order chi connectivity index (χ1) is 10.7. The van der Waals surface area contributed by atoms with Gasteiger partial charge in [0.2, 0.25) is 5.88 Å². The summed E-state index contributed by atoms with van der Waals surface area (Å²) in [5.41, 5.74) is 2.22. The third-order valence-corrected chi connectivity index (χ3v) is 3.38. The summed E-state index contributed by atoms with van der Waals surface area (Å²) in [5.74, 6) is 0.0659. The molecule has 1 aromatic heterocycles. The quantitative estimate of drug-likeness (QED) is 0.776. The fraction of sp³-hybridized carbons (Fsp3) is 0.0625. The normalized spacial score (nSPS) is 10.4. The highest BCUT2D eigenvalue weighted by atomic mass is 79.9. The third-order valence-electron chi connectivity index (χ3n) is 2.89. The van der Waals surface area contributed by atoms with Crippen molar-refractivity contribution in [2.45, 2.75) is 0 Å². The van der Waals surface area contributed by atoms with E-state index in [1.54, 1.807) is 6.07 Å². The van der Waals surface area contributed by atoms with E-state index in [0.29, 0.717) is 11.6 Å². The van der Waals surface area contributed by atoms with Crippen LogP contribution in [-0.2, 0) is 4.79 Å². The van der Waals surface area contributed by atoms with Crippen molar-refractivity contribution in [3.05, 3.63) is 59.2 Å². The minimum atomic E-state index is -0.256. The number of benzene rings is 2. The van der Waals surface area contributed by atoms with E-state index in [1.807, 2.05) is 42.5 Å². The first-order valence-corrected chi connectivity index (χ1v) is 7.40. The molecule has 1 N–H and O–H groups in total. The van der Waals surface area contributed by atoms with Crippen molar-refractivity contribution in [1.82, 2.24) is 9.97 Å². The highest BCUT2D eigenvalue weighted by molar-refractivity contribution is 9.10. The zero-order valence-electron chi connectivity index (χ0n) is 11.5. The maximum absolute atomic E-state index is 11.9. The van der Waals surface area contributed by atoms with Gasteiger partial charge in [-0.15, -0.1) is 0 Å². The molecule has 3 aromatic rings. The van der Waals surface area contributed by atoms with E-state index in [-0.39, 0.29) is 12.5 Å². The summed E-state index contributed by atoms with van der Waals surface area (Å²) in [6, 6.07) is 14.8. The van der Waals surface area contributed by atoms with Crippen LogP contribution in [0.2, 0.25) is 0 Å². The molecule has 0 aliphatic carbocycles. The molecule has 0 saturated carbocycles. The number of para-hydroxylation sites is 2. The van der Waals surface area contributed by atoms with E-state index >= 15 is 0 Å². The summed E-state index contributed by atoms with van der Waals surface area (Å²) in [5, 5.41) is 2.75. The molecule has 0 atom stereocenters. The largest absolute Gasteiger partial charge is 0.466 e. The Kier molecular flexibility index (Phi) is 4.29. The number of rotatable bonds is 4. The van der Waals surface area contributed by atoms with E-state index in [9.17, 15) is 4.79 Å². The molecule has 22 heavy (non-hydrogen) atoms. The first-order valence-electron chi connectivity index (χ1n) is 6.61. The van der Waals surface area contributed by atoms with Gasteiger partial charge in [0.15, 0.2) is 6.61 Å². The Bertz CT molecular complexity index is 823. The highest BCUT2D eigenvalue weighted by Gasteiger charge is 2.06. The number of amides is 1. The van der Waals surface area contributed by atoms with E-state index in [1.165, 1.54) is 6.20 Å². The van der Waals surface area contributed by atoms with Gasteiger partial charge >= 0.3 is 0 Å². The molecule has 0 spiro atoms. The zero-order chi connectivity index (χ0) is 15.4. The van der Waals surface area contributed by atoms with Crippen LogP contribution in [0.4, 0.5) is 5.69 Å². The van der Waals surface area contributed by atoms with Gasteiger partial charge in [-0.2, -0.15) is 0 Å². The third kappa shape index (κ3) is 3.59. The molecular formula is C16H12BrN3O2. The summed E-state index contributed by atoms with van der Waals surface area (Å²) in [6.07, 6.45) is 1.51. The fourth-order valence-electron chi connectivity index (χ4n) is 1.91. The number of hydrogen-bond donors (Lipinski definition) is 1. The average molecular weight is 358 g/mol. The van der Waals surface area contributed by atoms with Gasteiger partial charge in [0.1, 0.15) is 0 Å². The van der Waals surface area contributed by atoms with Crippen LogP contribution < -0.4 is 10.1 Å². The lowest BCUT2D eigenvalue weighted by Crippen LogP contribution is -2.20. The van der Waals surface area contributed by atoms with Crippen molar-refractivity contribution >= 4 is 38.6 Å². The smallest absolute Gasteiger partial charge is 0.262 e. The monoisotopic (exact) mass is 357 g/mol. The Hall–Kier alpha value is -2.47. The number of halogens is 1. The topological polar surface area (TPSA) is 64.1 Å². The minimum Gasteiger partial charge on any atom is -0.466 e. The van der Waals surface area contributed by atoms with Gasteiger partial charge in [-0.1, -0.05) is 34.1 Å². The van der Waals surface area contributed by atoms with Crippen LogP contribution in [0, 0.1) is 0 Å². The molecular weight excluding hydrogens is 346 g/mol. The Morgan fingerprint density at radius 1 is 1.14 bits per heavy atom. The van der Waals surface area contributed by atoms with E-state index < -0.39 is 0 Å². The van der Waals surface area contributed by atoms with Crippen molar-refractivity contribution in [2.75, 3.05) is 11.9 Å². The van der Waals surface area contributed by atoms with Gasteiger partial charge in [-0.3, -0.25) is 4.79 Å². The molecule has 1 heterocycles. The maximum atomic E-state index is 11.9. The summed E-state index contributed by atoms with van der Waals surface area (Å²) >= 11 is 3.35. The molecule has 0 saturated heterocycles. The van der Waals surface area contributed by atoms with Crippen LogP contribution in [0.1, 0.15) is 0 Å². The second kappa shape index (κ2) is 6.53. The Balaban J connectivity index is 1.62. The minimum absolute atomic E-state index is 0.125. The molecule has 0 aliphatic heterocycles. The number of nitrogens with one attached hydrogen (secondary N) is 1. The van der Waals surface area contributed by atoms with Gasteiger partial charge < -0.3 is 10.1 Å². The number of ether oxygens (including phenoxy) is 1. The number of nitrogens with zero attached hydrogens (tertiary/aromatic N) is 2. The molecule has 0 bridgehead atoms. The van der Waals surface area contributed by atoms with Crippen molar-refractivity contribution in [1.29, 1.82) is 0 Å².